The average Bonchev–Trinajstić information content (AvgIpc) is 3.02. The lowest BCUT2D eigenvalue weighted by Crippen LogP contribution is -2.24. The van der Waals surface area contributed by atoms with Crippen LogP contribution in [-0.2, 0) is 4.79 Å². The number of aromatic nitrogens is 1. The van der Waals surface area contributed by atoms with Gasteiger partial charge < -0.3 is 19.5 Å². The molecule has 0 atom stereocenters. The first-order valence-corrected chi connectivity index (χ1v) is 7.48. The van der Waals surface area contributed by atoms with E-state index in [2.05, 4.69) is 15.3 Å². The van der Waals surface area contributed by atoms with Crippen molar-refractivity contribution in [3.05, 3.63) is 53.5 Å². The van der Waals surface area contributed by atoms with E-state index in [1.54, 1.807) is 36.7 Å². The quantitative estimate of drug-likeness (QED) is 0.843. The molecule has 7 nitrogen and oxygen atoms in total. The van der Waals surface area contributed by atoms with E-state index < -0.39 is 0 Å². The van der Waals surface area contributed by atoms with Gasteiger partial charge in [0, 0.05) is 18.0 Å². The summed E-state index contributed by atoms with van der Waals surface area (Å²) in [7, 11) is 4.61. The summed E-state index contributed by atoms with van der Waals surface area (Å²) in [4.78, 5) is 20.6. The van der Waals surface area contributed by atoms with Crippen molar-refractivity contribution in [2.45, 2.75) is 0 Å². The average molecular weight is 339 g/mol. The van der Waals surface area contributed by atoms with Gasteiger partial charge >= 0.3 is 0 Å². The van der Waals surface area contributed by atoms with Crippen LogP contribution in [0.3, 0.4) is 0 Å². The Balaban J connectivity index is 2.00. The second-order valence-corrected chi connectivity index (χ2v) is 5.14. The number of hydrogen-bond donors (Lipinski definition) is 1. The zero-order valence-corrected chi connectivity index (χ0v) is 14.1. The molecule has 0 unspecified atom stereocenters. The summed E-state index contributed by atoms with van der Waals surface area (Å²) < 4.78 is 15.9. The highest BCUT2D eigenvalue weighted by molar-refractivity contribution is 6.19. The molecule has 1 aliphatic rings. The maximum Gasteiger partial charge on any atom is 0.275 e. The summed E-state index contributed by atoms with van der Waals surface area (Å²) in [6, 6.07) is 7.11. The van der Waals surface area contributed by atoms with Gasteiger partial charge in [-0.05, 0) is 35.9 Å². The number of amidine groups is 1. The van der Waals surface area contributed by atoms with Crippen LogP contribution in [-0.4, -0.2) is 38.1 Å². The molecule has 25 heavy (non-hydrogen) atoms. The number of carbonyl (C=O) groups excluding carboxylic acids is 1. The molecule has 2 aromatic rings. The topological polar surface area (TPSA) is 82.0 Å². The molecule has 0 bridgehead atoms. The van der Waals surface area contributed by atoms with Crippen LogP contribution >= 0.6 is 0 Å². The smallest absolute Gasteiger partial charge is 0.275 e. The number of ether oxygens (including phenoxy) is 3. The molecule has 0 aliphatic carbocycles. The van der Waals surface area contributed by atoms with Crippen molar-refractivity contribution < 1.29 is 19.0 Å². The zero-order valence-electron chi connectivity index (χ0n) is 14.1. The van der Waals surface area contributed by atoms with E-state index in [-0.39, 0.29) is 11.6 Å². The molecule has 2 heterocycles. The number of pyridine rings is 1. The van der Waals surface area contributed by atoms with E-state index in [1.807, 2.05) is 6.07 Å². The zero-order chi connectivity index (χ0) is 17.8. The van der Waals surface area contributed by atoms with E-state index in [9.17, 15) is 4.79 Å². The van der Waals surface area contributed by atoms with Gasteiger partial charge in [-0.25, -0.2) is 4.99 Å². The van der Waals surface area contributed by atoms with Crippen LogP contribution in [0.25, 0.3) is 6.08 Å². The fraction of sp³-hybridized carbons (Fsp3) is 0.167. The minimum atomic E-state index is -0.285. The molecule has 1 aromatic carbocycles. The van der Waals surface area contributed by atoms with Crippen molar-refractivity contribution in [2.24, 2.45) is 4.99 Å². The summed E-state index contributed by atoms with van der Waals surface area (Å²) in [5.41, 5.74) is 1.73. The molecule has 1 amide bonds. The molecule has 1 N–H and O–H groups in total. The SMILES string of the molecule is COc1cc(/C=C2/N=C(c3cccnc3)NC2=O)cc(OC)c1OC. The molecule has 0 fully saturated rings. The van der Waals surface area contributed by atoms with Crippen LogP contribution in [0.15, 0.2) is 47.3 Å². The van der Waals surface area contributed by atoms with Crippen LogP contribution in [0.1, 0.15) is 11.1 Å². The first kappa shape index (κ1) is 16.5. The monoisotopic (exact) mass is 339 g/mol. The lowest BCUT2D eigenvalue weighted by molar-refractivity contribution is -0.115. The fourth-order valence-electron chi connectivity index (χ4n) is 2.45. The number of aliphatic imine (C=N–C) groups is 1. The Morgan fingerprint density at radius 2 is 1.80 bits per heavy atom. The Morgan fingerprint density at radius 1 is 1.08 bits per heavy atom. The summed E-state index contributed by atoms with van der Waals surface area (Å²) in [5, 5.41) is 2.74. The molecule has 0 saturated carbocycles. The second kappa shape index (κ2) is 7.04. The molecule has 1 aromatic heterocycles. The van der Waals surface area contributed by atoms with Gasteiger partial charge in [-0.15, -0.1) is 0 Å². The van der Waals surface area contributed by atoms with Gasteiger partial charge in [0.25, 0.3) is 5.91 Å². The van der Waals surface area contributed by atoms with E-state index in [0.29, 0.717) is 28.6 Å². The van der Waals surface area contributed by atoms with Gasteiger partial charge in [0.2, 0.25) is 5.75 Å². The van der Waals surface area contributed by atoms with Gasteiger partial charge in [0.1, 0.15) is 11.5 Å². The molecule has 0 radical (unpaired) electrons. The third kappa shape index (κ3) is 3.30. The molecule has 128 valence electrons. The highest BCUT2D eigenvalue weighted by Gasteiger charge is 2.22. The lowest BCUT2D eigenvalue weighted by Gasteiger charge is -2.12. The fourth-order valence-corrected chi connectivity index (χ4v) is 2.45. The van der Waals surface area contributed by atoms with Crippen molar-refractivity contribution in [1.82, 2.24) is 10.3 Å². The Hall–Kier alpha value is -3.35. The molecule has 3 rings (SSSR count). The number of nitrogens with one attached hydrogen (secondary N) is 1. The molecular weight excluding hydrogens is 322 g/mol. The van der Waals surface area contributed by atoms with Crippen LogP contribution < -0.4 is 19.5 Å². The highest BCUT2D eigenvalue weighted by Crippen LogP contribution is 2.38. The van der Waals surface area contributed by atoms with E-state index in [0.717, 1.165) is 5.56 Å². The summed E-state index contributed by atoms with van der Waals surface area (Å²) in [6.45, 7) is 0. The number of hydrogen-bond acceptors (Lipinski definition) is 6. The van der Waals surface area contributed by atoms with Gasteiger partial charge in [0.05, 0.1) is 21.3 Å². The molecular formula is C18H17N3O4. The number of carbonyl (C=O) groups is 1. The van der Waals surface area contributed by atoms with E-state index in [4.69, 9.17) is 14.2 Å². The number of nitrogens with zero attached hydrogens (tertiary/aromatic N) is 2. The van der Waals surface area contributed by atoms with Crippen LogP contribution in [0.4, 0.5) is 0 Å². The van der Waals surface area contributed by atoms with Crippen molar-refractivity contribution in [1.29, 1.82) is 0 Å². The van der Waals surface area contributed by atoms with E-state index in [1.165, 1.54) is 21.3 Å². The summed E-state index contributed by atoms with van der Waals surface area (Å²) >= 11 is 0. The molecule has 7 heteroatoms. The summed E-state index contributed by atoms with van der Waals surface area (Å²) in [5.74, 6) is 1.68. The number of amides is 1. The predicted octanol–water partition coefficient (Wildman–Crippen LogP) is 2.02. The number of rotatable bonds is 5. The second-order valence-electron chi connectivity index (χ2n) is 5.14. The minimum Gasteiger partial charge on any atom is -0.493 e. The van der Waals surface area contributed by atoms with Gasteiger partial charge in [0.15, 0.2) is 11.5 Å². The Labute approximate surface area is 145 Å². The number of benzene rings is 1. The minimum absolute atomic E-state index is 0.285. The Kier molecular flexibility index (Phi) is 4.65. The number of methoxy groups -OCH3 is 3. The third-order valence-electron chi connectivity index (χ3n) is 3.62. The Bertz CT molecular complexity index is 835. The maximum absolute atomic E-state index is 12.2. The van der Waals surface area contributed by atoms with Gasteiger partial charge in [-0.3, -0.25) is 9.78 Å². The van der Waals surface area contributed by atoms with Gasteiger partial charge in [-0.2, -0.15) is 0 Å². The molecule has 1 aliphatic heterocycles. The lowest BCUT2D eigenvalue weighted by atomic mass is 10.1. The summed E-state index contributed by atoms with van der Waals surface area (Å²) in [6.07, 6.45) is 4.96. The molecule has 0 saturated heterocycles. The predicted molar refractivity (Wildman–Crippen MR) is 93.0 cm³/mol. The van der Waals surface area contributed by atoms with Crippen LogP contribution in [0.5, 0.6) is 17.2 Å². The molecule has 0 spiro atoms. The van der Waals surface area contributed by atoms with E-state index >= 15 is 0 Å². The largest absolute Gasteiger partial charge is 0.493 e. The third-order valence-corrected chi connectivity index (χ3v) is 3.62. The first-order chi connectivity index (χ1) is 12.2. The maximum atomic E-state index is 12.2. The highest BCUT2D eigenvalue weighted by atomic mass is 16.5. The van der Waals surface area contributed by atoms with Crippen LogP contribution in [0.2, 0.25) is 0 Å². The van der Waals surface area contributed by atoms with Crippen molar-refractivity contribution in [3.63, 3.8) is 0 Å². The van der Waals surface area contributed by atoms with Crippen molar-refractivity contribution in [2.75, 3.05) is 21.3 Å². The standard InChI is InChI=1S/C18H17N3O4/c1-23-14-8-11(9-15(24-2)16(14)25-3)7-13-18(22)21-17(20-13)12-5-4-6-19-10-12/h4-10H,1-3H3,(H,20,21,22)/b13-7+. The van der Waals surface area contributed by atoms with Crippen LogP contribution in [0, 0.1) is 0 Å². The van der Waals surface area contributed by atoms with Gasteiger partial charge in [-0.1, -0.05) is 0 Å². The van der Waals surface area contributed by atoms with Crippen molar-refractivity contribution >= 4 is 17.8 Å². The first-order valence-electron chi connectivity index (χ1n) is 7.48. The normalized spacial score (nSPS) is 14.9. The Morgan fingerprint density at radius 3 is 2.36 bits per heavy atom. The van der Waals surface area contributed by atoms with Crippen molar-refractivity contribution in [3.8, 4) is 17.2 Å².